The molecule has 1 atom stereocenters. The zero-order chi connectivity index (χ0) is 13.9. The largest absolute Gasteiger partial charge is 0.454 e. The first kappa shape index (κ1) is 13.7. The maximum atomic E-state index is 5.42. The van der Waals surface area contributed by atoms with Crippen molar-refractivity contribution in [1.29, 1.82) is 0 Å². The Hall–Kier alpha value is -1.31. The number of hydrogen-bond acceptors (Lipinski definition) is 7. The maximum Gasteiger partial charge on any atom is 0.231 e. The summed E-state index contributed by atoms with van der Waals surface area (Å²) in [6.07, 6.45) is 0. The lowest BCUT2D eigenvalue weighted by Crippen LogP contribution is -2.18. The highest BCUT2D eigenvalue weighted by molar-refractivity contribution is 8.01. The second-order valence-corrected chi connectivity index (χ2v) is 6.80. The van der Waals surface area contributed by atoms with Crippen LogP contribution < -0.4 is 14.8 Å². The van der Waals surface area contributed by atoms with Crippen LogP contribution in [0.3, 0.4) is 0 Å². The number of nitrogens with one attached hydrogen (secondary N) is 1. The van der Waals surface area contributed by atoms with Gasteiger partial charge in [0.1, 0.15) is 5.01 Å². The Balaban J connectivity index is 1.69. The number of benzene rings is 1. The highest BCUT2D eigenvalue weighted by atomic mass is 32.2. The molecule has 1 N–H and O–H groups in total. The predicted octanol–water partition coefficient (Wildman–Crippen LogP) is 2.63. The molecule has 20 heavy (non-hydrogen) atoms. The fraction of sp³-hybridized carbons (Fsp3) is 0.385. The first-order valence-electron chi connectivity index (χ1n) is 6.26. The fourth-order valence-electron chi connectivity index (χ4n) is 1.97. The van der Waals surface area contributed by atoms with Crippen LogP contribution in [0.1, 0.15) is 16.6 Å². The second kappa shape index (κ2) is 5.99. The number of hydrogen-bond donors (Lipinski definition) is 1. The molecule has 0 spiro atoms. The maximum absolute atomic E-state index is 5.42. The number of aryl methyl sites for hydroxylation is 1. The van der Waals surface area contributed by atoms with Gasteiger partial charge in [-0.2, -0.15) is 0 Å². The van der Waals surface area contributed by atoms with Crippen molar-refractivity contribution in [3.8, 4) is 11.5 Å². The van der Waals surface area contributed by atoms with E-state index < -0.39 is 0 Å². The Morgan fingerprint density at radius 2 is 2.20 bits per heavy atom. The van der Waals surface area contributed by atoms with Crippen molar-refractivity contribution in [2.75, 3.05) is 19.6 Å². The molecule has 7 heteroatoms. The SMILES string of the molecule is CNC(CSc1nnc(C)s1)c1ccc2c(c1)OCO2. The molecule has 0 saturated carbocycles. The van der Waals surface area contributed by atoms with Crippen molar-refractivity contribution < 1.29 is 9.47 Å². The van der Waals surface area contributed by atoms with Gasteiger partial charge in [-0.3, -0.25) is 0 Å². The third kappa shape index (κ3) is 2.89. The minimum absolute atomic E-state index is 0.235. The summed E-state index contributed by atoms with van der Waals surface area (Å²) in [5.74, 6) is 2.53. The highest BCUT2D eigenvalue weighted by Gasteiger charge is 2.17. The van der Waals surface area contributed by atoms with E-state index in [0.717, 1.165) is 26.6 Å². The Kier molecular flexibility index (Phi) is 4.09. The van der Waals surface area contributed by atoms with E-state index in [1.165, 1.54) is 5.56 Å². The van der Waals surface area contributed by atoms with E-state index in [9.17, 15) is 0 Å². The summed E-state index contributed by atoms with van der Waals surface area (Å²) in [7, 11) is 1.96. The molecule has 2 heterocycles. The third-order valence-electron chi connectivity index (χ3n) is 3.03. The molecule has 3 rings (SSSR count). The molecule has 1 aliphatic rings. The number of aromatic nitrogens is 2. The molecule has 1 aromatic heterocycles. The molecule has 5 nitrogen and oxygen atoms in total. The first-order valence-corrected chi connectivity index (χ1v) is 8.06. The highest BCUT2D eigenvalue weighted by Crippen LogP contribution is 2.35. The van der Waals surface area contributed by atoms with Gasteiger partial charge in [0.2, 0.25) is 6.79 Å². The van der Waals surface area contributed by atoms with E-state index in [2.05, 4.69) is 21.6 Å². The topological polar surface area (TPSA) is 56.3 Å². The molecular formula is C13H15N3O2S2. The van der Waals surface area contributed by atoms with Gasteiger partial charge in [0.25, 0.3) is 0 Å². The summed E-state index contributed by atoms with van der Waals surface area (Å²) in [6, 6.07) is 6.30. The van der Waals surface area contributed by atoms with E-state index in [0.29, 0.717) is 6.79 Å². The standard InChI is InChI=1S/C13H15N3O2S2/c1-8-15-16-13(20-8)19-6-10(14-2)9-3-4-11-12(5-9)18-7-17-11/h3-5,10,14H,6-7H2,1-2H3. The molecule has 1 aromatic carbocycles. The van der Waals surface area contributed by atoms with Crippen LogP contribution in [-0.2, 0) is 0 Å². The van der Waals surface area contributed by atoms with Gasteiger partial charge >= 0.3 is 0 Å². The fourth-order valence-corrected chi connectivity index (χ4v) is 3.95. The van der Waals surface area contributed by atoms with Crippen molar-refractivity contribution >= 4 is 23.1 Å². The summed E-state index contributed by atoms with van der Waals surface area (Å²) in [5, 5.41) is 12.5. The van der Waals surface area contributed by atoms with Gasteiger partial charge in [-0.15, -0.1) is 10.2 Å². The van der Waals surface area contributed by atoms with E-state index in [1.54, 1.807) is 23.1 Å². The van der Waals surface area contributed by atoms with Gasteiger partial charge in [-0.1, -0.05) is 29.2 Å². The third-order valence-corrected chi connectivity index (χ3v) is 5.09. The Morgan fingerprint density at radius 3 is 2.95 bits per heavy atom. The van der Waals surface area contributed by atoms with Crippen LogP contribution in [0, 0.1) is 6.92 Å². The summed E-state index contributed by atoms with van der Waals surface area (Å²) in [4.78, 5) is 0. The van der Waals surface area contributed by atoms with Gasteiger partial charge in [0.05, 0.1) is 0 Å². The minimum Gasteiger partial charge on any atom is -0.454 e. The van der Waals surface area contributed by atoms with Gasteiger partial charge < -0.3 is 14.8 Å². The number of rotatable bonds is 5. The summed E-state index contributed by atoms with van der Waals surface area (Å²) < 4.78 is 11.8. The molecular weight excluding hydrogens is 294 g/mol. The molecule has 0 amide bonds. The van der Waals surface area contributed by atoms with Crippen molar-refractivity contribution in [3.05, 3.63) is 28.8 Å². The normalized spacial score (nSPS) is 14.5. The quantitative estimate of drug-likeness (QED) is 0.857. The van der Waals surface area contributed by atoms with E-state index in [4.69, 9.17) is 9.47 Å². The average molecular weight is 309 g/mol. The number of fused-ring (bicyclic) bond motifs is 1. The molecule has 0 fully saturated rings. The Morgan fingerprint density at radius 1 is 1.35 bits per heavy atom. The van der Waals surface area contributed by atoms with E-state index in [-0.39, 0.29) is 6.04 Å². The summed E-state index contributed by atoms with van der Waals surface area (Å²) in [6.45, 7) is 2.27. The minimum atomic E-state index is 0.235. The van der Waals surface area contributed by atoms with Crippen molar-refractivity contribution in [3.63, 3.8) is 0 Å². The van der Waals surface area contributed by atoms with Gasteiger partial charge in [0.15, 0.2) is 15.8 Å². The Bertz CT molecular complexity index is 603. The predicted molar refractivity (Wildman–Crippen MR) is 79.7 cm³/mol. The first-order chi connectivity index (χ1) is 9.76. The second-order valence-electron chi connectivity index (χ2n) is 4.35. The monoisotopic (exact) mass is 309 g/mol. The lowest BCUT2D eigenvalue weighted by Gasteiger charge is -2.15. The summed E-state index contributed by atoms with van der Waals surface area (Å²) in [5.41, 5.74) is 1.19. The lowest BCUT2D eigenvalue weighted by atomic mass is 10.1. The van der Waals surface area contributed by atoms with Crippen LogP contribution in [0.25, 0.3) is 0 Å². The van der Waals surface area contributed by atoms with Crippen molar-refractivity contribution in [2.24, 2.45) is 0 Å². The molecule has 1 aliphatic heterocycles. The van der Waals surface area contributed by atoms with Gasteiger partial charge in [-0.05, 0) is 31.7 Å². The van der Waals surface area contributed by atoms with Crippen molar-refractivity contribution in [1.82, 2.24) is 15.5 Å². The van der Waals surface area contributed by atoms with Crippen LogP contribution in [0.5, 0.6) is 11.5 Å². The van der Waals surface area contributed by atoms with Crippen molar-refractivity contribution in [2.45, 2.75) is 17.3 Å². The Labute approximate surface area is 125 Å². The van der Waals surface area contributed by atoms with Crippen LogP contribution in [-0.4, -0.2) is 29.8 Å². The molecule has 0 saturated heterocycles. The van der Waals surface area contributed by atoms with E-state index in [1.807, 2.05) is 26.1 Å². The smallest absolute Gasteiger partial charge is 0.231 e. The number of ether oxygens (including phenoxy) is 2. The molecule has 0 radical (unpaired) electrons. The molecule has 0 aliphatic carbocycles. The zero-order valence-corrected chi connectivity index (χ0v) is 12.9. The van der Waals surface area contributed by atoms with Crippen LogP contribution in [0.15, 0.2) is 22.5 Å². The number of nitrogens with zero attached hydrogens (tertiary/aromatic N) is 2. The van der Waals surface area contributed by atoms with Crippen LogP contribution >= 0.6 is 23.1 Å². The average Bonchev–Trinajstić information content (AvgIpc) is 3.07. The summed E-state index contributed by atoms with van der Waals surface area (Å²) >= 11 is 3.34. The van der Waals surface area contributed by atoms with Crippen LogP contribution in [0.4, 0.5) is 0 Å². The van der Waals surface area contributed by atoms with E-state index >= 15 is 0 Å². The molecule has 1 unspecified atom stereocenters. The molecule has 106 valence electrons. The number of thioether (sulfide) groups is 1. The zero-order valence-electron chi connectivity index (χ0n) is 11.3. The molecule has 2 aromatic rings. The molecule has 0 bridgehead atoms. The van der Waals surface area contributed by atoms with Gasteiger partial charge in [0, 0.05) is 11.8 Å². The van der Waals surface area contributed by atoms with Gasteiger partial charge in [-0.25, -0.2) is 0 Å². The lowest BCUT2D eigenvalue weighted by molar-refractivity contribution is 0.174. The van der Waals surface area contributed by atoms with Crippen LogP contribution in [0.2, 0.25) is 0 Å².